The normalized spacial score (nSPS) is 8.45. The number of hydrogen-bond donors (Lipinski definition) is 0. The first-order valence-corrected chi connectivity index (χ1v) is 4.66. The van der Waals surface area contributed by atoms with Gasteiger partial charge in [0.2, 0.25) is 0 Å². The van der Waals surface area contributed by atoms with Gasteiger partial charge in [-0.25, -0.2) is 4.98 Å². The minimum absolute atomic E-state index is 0.521. The maximum atomic E-state index is 5.58. The predicted octanol–water partition coefficient (Wildman–Crippen LogP) is 3.83. The van der Waals surface area contributed by atoms with Gasteiger partial charge in [-0.3, -0.25) is 0 Å². The molecule has 62 valence electrons. The van der Waals surface area contributed by atoms with Crippen LogP contribution in [0.15, 0.2) is 16.7 Å². The number of aryl methyl sites for hydroxylation is 1. The van der Waals surface area contributed by atoms with E-state index in [0.29, 0.717) is 5.15 Å². The van der Waals surface area contributed by atoms with E-state index < -0.39 is 0 Å². The van der Waals surface area contributed by atoms with Crippen molar-refractivity contribution >= 4 is 27.5 Å². The van der Waals surface area contributed by atoms with Crippen LogP contribution in [-0.2, 0) is 0 Å². The van der Waals surface area contributed by atoms with E-state index in [1.165, 1.54) is 0 Å². The van der Waals surface area contributed by atoms with E-state index in [4.69, 9.17) is 11.6 Å². The molecule has 0 atom stereocenters. The van der Waals surface area contributed by atoms with Crippen molar-refractivity contribution in [1.82, 2.24) is 4.98 Å². The third-order valence-electron chi connectivity index (χ3n) is 1.00. The summed E-state index contributed by atoms with van der Waals surface area (Å²) in [7, 11) is 0. The molecule has 0 bridgehead atoms. The molecule has 0 amide bonds. The number of halogens is 2. The smallest absolute Gasteiger partial charge is 0.130 e. The van der Waals surface area contributed by atoms with Crippen molar-refractivity contribution in [2.24, 2.45) is 0 Å². The number of aromatic nitrogens is 1. The second-order valence-electron chi connectivity index (χ2n) is 1.74. The number of nitrogens with zero attached hydrogens (tertiary/aromatic N) is 1. The van der Waals surface area contributed by atoms with Gasteiger partial charge in [0.05, 0.1) is 0 Å². The summed E-state index contributed by atoms with van der Waals surface area (Å²) in [5.74, 6) is 0. The molecule has 3 heteroatoms. The molecule has 1 nitrogen and oxygen atoms in total. The zero-order valence-electron chi connectivity index (χ0n) is 6.86. The first-order valence-electron chi connectivity index (χ1n) is 3.49. The van der Waals surface area contributed by atoms with E-state index in [1.54, 1.807) is 6.07 Å². The highest BCUT2D eigenvalue weighted by molar-refractivity contribution is 9.10. The molecule has 0 aliphatic carbocycles. The summed E-state index contributed by atoms with van der Waals surface area (Å²) in [6, 6.07) is 3.68. The third-order valence-corrected chi connectivity index (χ3v) is 2.01. The van der Waals surface area contributed by atoms with Crippen molar-refractivity contribution < 1.29 is 0 Å². The largest absolute Gasteiger partial charge is 0.229 e. The Morgan fingerprint density at radius 1 is 1.36 bits per heavy atom. The molecule has 0 radical (unpaired) electrons. The molecule has 1 rings (SSSR count). The Morgan fingerprint density at radius 2 is 1.91 bits per heavy atom. The van der Waals surface area contributed by atoms with Gasteiger partial charge in [-0.1, -0.05) is 31.5 Å². The monoisotopic (exact) mass is 235 g/mol. The van der Waals surface area contributed by atoms with Gasteiger partial charge in [0.1, 0.15) is 9.76 Å². The van der Waals surface area contributed by atoms with Crippen LogP contribution in [0.3, 0.4) is 0 Å². The molecule has 0 aromatic carbocycles. The van der Waals surface area contributed by atoms with Gasteiger partial charge < -0.3 is 0 Å². The molecule has 0 unspecified atom stereocenters. The second kappa shape index (κ2) is 5.56. The standard InChI is InChI=1S/C6H5BrClN.C2H6/c1-4-2-3-5(8)9-6(4)7;1-2/h2-3H,1H3;1-2H3. The van der Waals surface area contributed by atoms with Gasteiger partial charge in [-0.15, -0.1) is 0 Å². The topological polar surface area (TPSA) is 12.9 Å². The van der Waals surface area contributed by atoms with Crippen molar-refractivity contribution in [2.45, 2.75) is 20.8 Å². The maximum Gasteiger partial charge on any atom is 0.130 e. The Bertz CT molecular complexity index is 225. The Balaban J connectivity index is 0.000000461. The van der Waals surface area contributed by atoms with Crippen LogP contribution in [0.5, 0.6) is 0 Å². The Hall–Kier alpha value is -0.0800. The second-order valence-corrected chi connectivity index (χ2v) is 2.88. The van der Waals surface area contributed by atoms with E-state index in [9.17, 15) is 0 Å². The average molecular weight is 237 g/mol. The zero-order chi connectivity index (χ0) is 8.85. The van der Waals surface area contributed by atoms with Crippen molar-refractivity contribution in [3.05, 3.63) is 27.5 Å². The van der Waals surface area contributed by atoms with Gasteiger partial charge in [-0.2, -0.15) is 0 Å². The zero-order valence-corrected chi connectivity index (χ0v) is 9.20. The molecule has 1 aromatic heterocycles. The van der Waals surface area contributed by atoms with Crippen LogP contribution in [0.1, 0.15) is 19.4 Å². The van der Waals surface area contributed by atoms with Gasteiger partial charge >= 0.3 is 0 Å². The van der Waals surface area contributed by atoms with Crippen molar-refractivity contribution in [1.29, 1.82) is 0 Å². The molecule has 0 aliphatic heterocycles. The van der Waals surface area contributed by atoms with Crippen LogP contribution >= 0.6 is 27.5 Å². The summed E-state index contributed by atoms with van der Waals surface area (Å²) in [6.45, 7) is 5.97. The summed E-state index contributed by atoms with van der Waals surface area (Å²) in [5, 5.41) is 0.521. The number of rotatable bonds is 0. The summed E-state index contributed by atoms with van der Waals surface area (Å²) in [5.41, 5.74) is 1.10. The van der Waals surface area contributed by atoms with Gasteiger partial charge in [-0.05, 0) is 34.5 Å². The van der Waals surface area contributed by atoms with Crippen molar-refractivity contribution in [3.8, 4) is 0 Å². The first kappa shape index (κ1) is 10.9. The maximum absolute atomic E-state index is 5.58. The lowest BCUT2D eigenvalue weighted by molar-refractivity contribution is 1.22. The summed E-state index contributed by atoms with van der Waals surface area (Å²) in [4.78, 5) is 3.96. The third kappa shape index (κ3) is 3.73. The van der Waals surface area contributed by atoms with Gasteiger partial charge in [0.25, 0.3) is 0 Å². The SMILES string of the molecule is CC.Cc1ccc(Cl)nc1Br. The van der Waals surface area contributed by atoms with Crippen molar-refractivity contribution in [2.75, 3.05) is 0 Å². The van der Waals surface area contributed by atoms with Crippen LogP contribution in [0, 0.1) is 6.92 Å². The lowest BCUT2D eigenvalue weighted by atomic mass is 10.3. The predicted molar refractivity (Wildman–Crippen MR) is 53.0 cm³/mol. The molecular weight excluding hydrogens is 225 g/mol. The summed E-state index contributed by atoms with van der Waals surface area (Å²) < 4.78 is 0.815. The highest BCUT2D eigenvalue weighted by atomic mass is 79.9. The summed E-state index contributed by atoms with van der Waals surface area (Å²) >= 11 is 8.83. The molecule has 0 N–H and O–H groups in total. The molecule has 0 saturated heterocycles. The fourth-order valence-electron chi connectivity index (χ4n) is 0.482. The molecular formula is C8H11BrClN. The molecule has 0 fully saturated rings. The average Bonchev–Trinajstić information content (AvgIpc) is 2.02. The van der Waals surface area contributed by atoms with Crippen molar-refractivity contribution in [3.63, 3.8) is 0 Å². The lowest BCUT2D eigenvalue weighted by Crippen LogP contribution is -1.79. The summed E-state index contributed by atoms with van der Waals surface area (Å²) in [6.07, 6.45) is 0. The van der Waals surface area contributed by atoms with Crippen LogP contribution in [0.25, 0.3) is 0 Å². The van der Waals surface area contributed by atoms with Gasteiger partial charge in [0, 0.05) is 0 Å². The fraction of sp³-hybridized carbons (Fsp3) is 0.375. The van der Waals surface area contributed by atoms with Crippen LogP contribution in [0.4, 0.5) is 0 Å². The van der Waals surface area contributed by atoms with E-state index in [2.05, 4.69) is 20.9 Å². The molecule has 0 spiro atoms. The van der Waals surface area contributed by atoms with E-state index in [1.807, 2.05) is 26.8 Å². The van der Waals surface area contributed by atoms with E-state index in [0.717, 1.165) is 10.2 Å². The highest BCUT2D eigenvalue weighted by Crippen LogP contribution is 2.15. The van der Waals surface area contributed by atoms with Crippen LogP contribution in [0.2, 0.25) is 5.15 Å². The Morgan fingerprint density at radius 3 is 2.27 bits per heavy atom. The number of pyridine rings is 1. The lowest BCUT2D eigenvalue weighted by Gasteiger charge is -1.94. The minimum Gasteiger partial charge on any atom is -0.229 e. The molecule has 1 heterocycles. The number of hydrogen-bond acceptors (Lipinski definition) is 1. The Labute approximate surface area is 80.9 Å². The fourth-order valence-corrected chi connectivity index (χ4v) is 1.05. The van der Waals surface area contributed by atoms with Crippen LogP contribution in [-0.4, -0.2) is 4.98 Å². The minimum atomic E-state index is 0.521. The highest BCUT2D eigenvalue weighted by Gasteiger charge is 1.94. The molecule has 1 aromatic rings. The molecule has 0 aliphatic rings. The van der Waals surface area contributed by atoms with E-state index >= 15 is 0 Å². The first-order chi connectivity index (χ1) is 5.20. The van der Waals surface area contributed by atoms with E-state index in [-0.39, 0.29) is 0 Å². The molecule has 11 heavy (non-hydrogen) atoms. The Kier molecular flexibility index (Phi) is 5.51. The van der Waals surface area contributed by atoms with Crippen LogP contribution < -0.4 is 0 Å². The van der Waals surface area contributed by atoms with Gasteiger partial charge in [0.15, 0.2) is 0 Å². The molecule has 0 saturated carbocycles. The quantitative estimate of drug-likeness (QED) is 0.624.